The van der Waals surface area contributed by atoms with Gasteiger partial charge in [-0.25, -0.2) is 9.79 Å². The summed E-state index contributed by atoms with van der Waals surface area (Å²) in [6, 6.07) is 11.1. The van der Waals surface area contributed by atoms with Crippen molar-refractivity contribution in [2.24, 2.45) is 4.99 Å². The van der Waals surface area contributed by atoms with E-state index >= 15 is 0 Å². The summed E-state index contributed by atoms with van der Waals surface area (Å²) in [6.07, 6.45) is 1.55. The first-order valence-corrected chi connectivity index (χ1v) is 6.77. The van der Waals surface area contributed by atoms with Crippen molar-refractivity contribution < 1.29 is 13.9 Å². The minimum atomic E-state index is -0.476. The molecule has 0 spiro atoms. The number of carbonyl (C=O) groups is 1. The Kier molecular flexibility index (Phi) is 3.28. The highest BCUT2D eigenvalue weighted by Crippen LogP contribution is 2.22. The topological polar surface area (TPSA) is 51.8 Å². The number of nitrogens with zero attached hydrogens (tertiary/aromatic N) is 1. The average Bonchev–Trinajstić information content (AvgIpc) is 2.98. The Bertz CT molecular complexity index is 743. The number of hydrogen-bond donors (Lipinski definition) is 0. The fourth-order valence-electron chi connectivity index (χ4n) is 1.88. The molecule has 0 radical (unpaired) electrons. The Labute approximate surface area is 123 Å². The summed E-state index contributed by atoms with van der Waals surface area (Å²) >= 11 is 3.21. The summed E-state index contributed by atoms with van der Waals surface area (Å²) in [4.78, 5) is 16.1. The van der Waals surface area contributed by atoms with Crippen molar-refractivity contribution in [3.05, 3.63) is 63.7 Å². The normalized spacial score (nSPS) is 16.4. The molecule has 5 heteroatoms. The largest absolute Gasteiger partial charge is 0.450 e. The number of aliphatic imine (C=N–C) groups is 1. The predicted octanol–water partition coefficient (Wildman–Crippen LogP) is 3.70. The number of carbonyl (C=O) groups excluding carboxylic acids is 1. The fraction of sp³-hybridized carbons (Fsp3) is 0.0667. The molecule has 0 atom stereocenters. The smallest absolute Gasteiger partial charge is 0.363 e. The van der Waals surface area contributed by atoms with E-state index in [1.807, 2.05) is 31.2 Å². The summed E-state index contributed by atoms with van der Waals surface area (Å²) in [5, 5.41) is 0. The van der Waals surface area contributed by atoms with Crippen molar-refractivity contribution in [1.82, 2.24) is 0 Å². The van der Waals surface area contributed by atoms with Crippen molar-refractivity contribution in [2.75, 3.05) is 0 Å². The van der Waals surface area contributed by atoms with E-state index in [0.717, 1.165) is 11.1 Å². The van der Waals surface area contributed by atoms with E-state index in [2.05, 4.69) is 20.9 Å². The molecule has 0 amide bonds. The second-order valence-corrected chi connectivity index (χ2v) is 5.07. The van der Waals surface area contributed by atoms with Gasteiger partial charge in [0.05, 0.1) is 0 Å². The first kappa shape index (κ1) is 12.9. The molecule has 0 unspecified atom stereocenters. The van der Waals surface area contributed by atoms with E-state index in [1.54, 1.807) is 18.2 Å². The number of furan rings is 1. The van der Waals surface area contributed by atoms with Crippen molar-refractivity contribution >= 4 is 33.9 Å². The highest BCUT2D eigenvalue weighted by molar-refractivity contribution is 9.10. The molecule has 3 rings (SSSR count). The minimum Gasteiger partial charge on any atom is -0.450 e. The first-order valence-electron chi connectivity index (χ1n) is 5.97. The van der Waals surface area contributed by atoms with Gasteiger partial charge in [-0.15, -0.1) is 0 Å². The number of aryl methyl sites for hydroxylation is 1. The van der Waals surface area contributed by atoms with Crippen molar-refractivity contribution in [2.45, 2.75) is 6.92 Å². The molecular formula is C15H10BrNO3. The fourth-order valence-corrected chi connectivity index (χ4v) is 2.20. The summed E-state index contributed by atoms with van der Waals surface area (Å²) in [5.74, 6) is 0.388. The molecule has 0 saturated carbocycles. The van der Waals surface area contributed by atoms with E-state index in [1.165, 1.54) is 0 Å². The second kappa shape index (κ2) is 5.09. The van der Waals surface area contributed by atoms with Gasteiger partial charge in [0.15, 0.2) is 10.4 Å². The molecule has 0 saturated heterocycles. The van der Waals surface area contributed by atoms with Gasteiger partial charge >= 0.3 is 5.97 Å². The lowest BCUT2D eigenvalue weighted by Gasteiger charge is -2.02. The van der Waals surface area contributed by atoms with Gasteiger partial charge in [-0.1, -0.05) is 18.2 Å². The zero-order chi connectivity index (χ0) is 14.1. The number of esters is 1. The lowest BCUT2D eigenvalue weighted by molar-refractivity contribution is -0.129. The number of halogens is 1. The SMILES string of the molecule is Cc1ccccc1C1=N/C(=C\c2ccc(Br)o2)C(=O)O1. The number of rotatable bonds is 2. The number of ether oxygens (including phenoxy) is 1. The van der Waals surface area contributed by atoms with Crippen LogP contribution >= 0.6 is 15.9 Å². The molecule has 1 aliphatic rings. The van der Waals surface area contributed by atoms with Crippen LogP contribution in [0.25, 0.3) is 6.08 Å². The Morgan fingerprint density at radius 3 is 2.70 bits per heavy atom. The molecule has 1 aromatic heterocycles. The predicted molar refractivity (Wildman–Crippen MR) is 78.2 cm³/mol. The summed E-state index contributed by atoms with van der Waals surface area (Å²) in [7, 11) is 0. The van der Waals surface area contributed by atoms with Crippen LogP contribution in [-0.4, -0.2) is 11.9 Å². The third-order valence-corrected chi connectivity index (χ3v) is 3.30. The van der Waals surface area contributed by atoms with Crippen LogP contribution in [-0.2, 0) is 9.53 Å². The molecule has 0 N–H and O–H groups in total. The first-order chi connectivity index (χ1) is 9.63. The molecule has 1 aromatic carbocycles. The molecule has 4 nitrogen and oxygen atoms in total. The molecule has 20 heavy (non-hydrogen) atoms. The quantitative estimate of drug-likeness (QED) is 0.622. The van der Waals surface area contributed by atoms with Gasteiger partial charge in [0.2, 0.25) is 5.90 Å². The number of hydrogen-bond acceptors (Lipinski definition) is 4. The lowest BCUT2D eigenvalue weighted by atomic mass is 10.1. The van der Waals surface area contributed by atoms with Crippen LogP contribution in [0.3, 0.4) is 0 Å². The summed E-state index contributed by atoms with van der Waals surface area (Å²) in [6.45, 7) is 1.94. The summed E-state index contributed by atoms with van der Waals surface area (Å²) < 4.78 is 11.1. The van der Waals surface area contributed by atoms with Gasteiger partial charge in [0.1, 0.15) is 5.76 Å². The van der Waals surface area contributed by atoms with Gasteiger partial charge in [-0.2, -0.15) is 0 Å². The van der Waals surface area contributed by atoms with Gasteiger partial charge in [0.25, 0.3) is 0 Å². The Balaban J connectivity index is 1.97. The Hall–Kier alpha value is -2.14. The minimum absolute atomic E-state index is 0.227. The van der Waals surface area contributed by atoms with E-state index in [0.29, 0.717) is 16.3 Å². The molecular weight excluding hydrogens is 322 g/mol. The zero-order valence-corrected chi connectivity index (χ0v) is 12.2. The molecule has 2 aromatic rings. The molecule has 1 aliphatic heterocycles. The third kappa shape index (κ3) is 2.44. The van der Waals surface area contributed by atoms with Crippen LogP contribution in [0.4, 0.5) is 0 Å². The third-order valence-electron chi connectivity index (χ3n) is 2.87. The van der Waals surface area contributed by atoms with Gasteiger partial charge in [0, 0.05) is 11.6 Å². The highest BCUT2D eigenvalue weighted by atomic mass is 79.9. The highest BCUT2D eigenvalue weighted by Gasteiger charge is 2.25. The van der Waals surface area contributed by atoms with E-state index in [-0.39, 0.29) is 5.70 Å². The van der Waals surface area contributed by atoms with Gasteiger partial charge in [-0.05, 0) is 46.6 Å². The monoisotopic (exact) mass is 331 g/mol. The van der Waals surface area contributed by atoms with E-state index < -0.39 is 5.97 Å². The lowest BCUT2D eigenvalue weighted by Crippen LogP contribution is -2.06. The number of benzene rings is 1. The maximum atomic E-state index is 11.8. The molecule has 0 bridgehead atoms. The maximum Gasteiger partial charge on any atom is 0.363 e. The second-order valence-electron chi connectivity index (χ2n) is 4.29. The van der Waals surface area contributed by atoms with Crippen molar-refractivity contribution in [1.29, 1.82) is 0 Å². The molecule has 2 heterocycles. The van der Waals surface area contributed by atoms with Crippen molar-refractivity contribution in [3.8, 4) is 0 Å². The van der Waals surface area contributed by atoms with Gasteiger partial charge in [-0.3, -0.25) is 0 Å². The Morgan fingerprint density at radius 1 is 1.20 bits per heavy atom. The van der Waals surface area contributed by atoms with E-state index in [9.17, 15) is 4.79 Å². The standard InChI is InChI=1S/C15H10BrNO3/c1-9-4-2-3-5-11(9)14-17-12(15(18)20-14)8-10-6-7-13(16)19-10/h2-8H,1H3/b12-8-. The molecule has 0 aliphatic carbocycles. The summed E-state index contributed by atoms with van der Waals surface area (Å²) in [5.41, 5.74) is 2.04. The van der Waals surface area contributed by atoms with E-state index in [4.69, 9.17) is 9.15 Å². The Morgan fingerprint density at radius 2 is 2.00 bits per heavy atom. The van der Waals surface area contributed by atoms with Crippen LogP contribution in [0.1, 0.15) is 16.9 Å². The van der Waals surface area contributed by atoms with Gasteiger partial charge < -0.3 is 9.15 Å². The molecule has 0 fully saturated rings. The molecule has 100 valence electrons. The van der Waals surface area contributed by atoms with Crippen LogP contribution in [0.2, 0.25) is 0 Å². The number of cyclic esters (lactones) is 1. The van der Waals surface area contributed by atoms with Crippen LogP contribution in [0.5, 0.6) is 0 Å². The maximum absolute atomic E-state index is 11.8. The average molecular weight is 332 g/mol. The zero-order valence-electron chi connectivity index (χ0n) is 10.6. The van der Waals surface area contributed by atoms with Crippen LogP contribution in [0.15, 0.2) is 56.2 Å². The van der Waals surface area contributed by atoms with Crippen molar-refractivity contribution in [3.63, 3.8) is 0 Å². The van der Waals surface area contributed by atoms with Crippen LogP contribution < -0.4 is 0 Å². The van der Waals surface area contributed by atoms with Crippen LogP contribution in [0, 0.1) is 6.92 Å².